The average Bonchev–Trinajstić information content (AvgIpc) is 2.81. The molecule has 3 rings (SSSR count). The van der Waals surface area contributed by atoms with E-state index in [-0.39, 0.29) is 0 Å². The molecule has 0 amide bonds. The van der Waals surface area contributed by atoms with E-state index in [1.54, 1.807) is 12.4 Å². The third-order valence-electron chi connectivity index (χ3n) is 3.00. The predicted octanol–water partition coefficient (Wildman–Crippen LogP) is 1.80. The molecule has 18 heavy (non-hydrogen) atoms. The third-order valence-corrected chi connectivity index (χ3v) is 3.21. The standard InChI is InChI=1S/C11H11ClN6/c1-6-10(7(2)17(3)16-6)11-15-14-9-4-8(12)13-5-18(9)11/h4-5H,1-3H3. The molecule has 0 unspecified atom stereocenters. The van der Waals surface area contributed by atoms with Crippen LogP contribution in [-0.4, -0.2) is 29.4 Å². The van der Waals surface area contributed by atoms with Crippen LogP contribution in [0.3, 0.4) is 0 Å². The van der Waals surface area contributed by atoms with Crippen molar-refractivity contribution < 1.29 is 0 Å². The van der Waals surface area contributed by atoms with Gasteiger partial charge in [0, 0.05) is 18.8 Å². The fourth-order valence-corrected chi connectivity index (χ4v) is 2.18. The lowest BCUT2D eigenvalue weighted by Crippen LogP contribution is -1.95. The zero-order valence-corrected chi connectivity index (χ0v) is 11.0. The predicted molar refractivity (Wildman–Crippen MR) is 67.5 cm³/mol. The van der Waals surface area contributed by atoms with Gasteiger partial charge in [-0.05, 0) is 13.8 Å². The van der Waals surface area contributed by atoms with E-state index in [1.165, 1.54) is 0 Å². The molecule has 3 aromatic rings. The van der Waals surface area contributed by atoms with Gasteiger partial charge in [-0.2, -0.15) is 5.10 Å². The molecule has 0 N–H and O–H groups in total. The van der Waals surface area contributed by atoms with Gasteiger partial charge in [0.1, 0.15) is 11.5 Å². The fourth-order valence-electron chi connectivity index (χ4n) is 2.04. The number of rotatable bonds is 1. The summed E-state index contributed by atoms with van der Waals surface area (Å²) in [6, 6.07) is 1.68. The quantitative estimate of drug-likeness (QED) is 0.628. The smallest absolute Gasteiger partial charge is 0.173 e. The highest BCUT2D eigenvalue weighted by atomic mass is 35.5. The van der Waals surface area contributed by atoms with Crippen LogP contribution in [0.5, 0.6) is 0 Å². The monoisotopic (exact) mass is 262 g/mol. The van der Waals surface area contributed by atoms with Crippen molar-refractivity contribution in [3.05, 3.63) is 28.9 Å². The van der Waals surface area contributed by atoms with Crippen LogP contribution in [0.2, 0.25) is 5.15 Å². The lowest BCUT2D eigenvalue weighted by atomic mass is 10.2. The third kappa shape index (κ3) is 1.49. The Morgan fingerprint density at radius 2 is 2.00 bits per heavy atom. The summed E-state index contributed by atoms with van der Waals surface area (Å²) >= 11 is 5.83. The topological polar surface area (TPSA) is 60.9 Å². The lowest BCUT2D eigenvalue weighted by Gasteiger charge is -2.00. The van der Waals surface area contributed by atoms with Crippen LogP contribution in [0, 0.1) is 13.8 Å². The molecule has 6 nitrogen and oxygen atoms in total. The molecule has 0 aliphatic heterocycles. The second-order valence-corrected chi connectivity index (χ2v) is 4.52. The summed E-state index contributed by atoms with van der Waals surface area (Å²) in [6.45, 7) is 3.95. The van der Waals surface area contributed by atoms with Gasteiger partial charge in [0.2, 0.25) is 0 Å². The molecule has 0 aliphatic rings. The molecule has 3 aromatic heterocycles. The Hall–Kier alpha value is -1.95. The Labute approximate surface area is 108 Å². The van der Waals surface area contributed by atoms with Gasteiger partial charge in [0.05, 0.1) is 11.3 Å². The van der Waals surface area contributed by atoms with Crippen molar-refractivity contribution in [3.63, 3.8) is 0 Å². The first-order chi connectivity index (χ1) is 8.58. The van der Waals surface area contributed by atoms with Gasteiger partial charge in [-0.3, -0.25) is 9.08 Å². The zero-order valence-electron chi connectivity index (χ0n) is 10.2. The molecule has 0 saturated carbocycles. The van der Waals surface area contributed by atoms with Crippen molar-refractivity contribution in [1.82, 2.24) is 29.4 Å². The van der Waals surface area contributed by atoms with Crippen LogP contribution in [0.4, 0.5) is 0 Å². The fraction of sp³-hybridized carbons (Fsp3) is 0.273. The summed E-state index contributed by atoms with van der Waals surface area (Å²) in [5.41, 5.74) is 3.61. The molecule has 92 valence electrons. The van der Waals surface area contributed by atoms with E-state index < -0.39 is 0 Å². The number of hydrogen-bond acceptors (Lipinski definition) is 4. The maximum Gasteiger partial charge on any atom is 0.173 e. The molecule has 0 saturated heterocycles. The summed E-state index contributed by atoms with van der Waals surface area (Å²) in [5.74, 6) is 0.734. The second-order valence-electron chi connectivity index (χ2n) is 4.13. The molecule has 0 radical (unpaired) electrons. The molecule has 0 bridgehead atoms. The van der Waals surface area contributed by atoms with Gasteiger partial charge in [0.15, 0.2) is 11.5 Å². The highest BCUT2D eigenvalue weighted by Crippen LogP contribution is 2.25. The van der Waals surface area contributed by atoms with Gasteiger partial charge >= 0.3 is 0 Å². The summed E-state index contributed by atoms with van der Waals surface area (Å²) in [6.07, 6.45) is 1.62. The summed E-state index contributed by atoms with van der Waals surface area (Å²) in [7, 11) is 1.91. The molecule has 0 spiro atoms. The minimum absolute atomic E-state index is 0.404. The number of nitrogens with zero attached hydrogens (tertiary/aromatic N) is 6. The van der Waals surface area contributed by atoms with Crippen molar-refractivity contribution in [1.29, 1.82) is 0 Å². The van der Waals surface area contributed by atoms with Crippen LogP contribution < -0.4 is 0 Å². The minimum Gasteiger partial charge on any atom is -0.272 e. The van der Waals surface area contributed by atoms with E-state index in [0.717, 1.165) is 22.8 Å². The normalized spacial score (nSPS) is 11.3. The Balaban J connectivity index is 2.32. The number of aryl methyl sites for hydroxylation is 2. The number of fused-ring (bicyclic) bond motifs is 1. The van der Waals surface area contributed by atoms with Gasteiger partial charge < -0.3 is 0 Å². The molecule has 0 aliphatic carbocycles. The molecule has 3 heterocycles. The van der Waals surface area contributed by atoms with Crippen LogP contribution in [0.25, 0.3) is 17.0 Å². The Morgan fingerprint density at radius 1 is 1.22 bits per heavy atom. The van der Waals surface area contributed by atoms with Crippen molar-refractivity contribution in [2.75, 3.05) is 0 Å². The maximum absolute atomic E-state index is 5.83. The first-order valence-electron chi connectivity index (χ1n) is 5.45. The van der Waals surface area contributed by atoms with E-state index in [9.17, 15) is 0 Å². The first-order valence-corrected chi connectivity index (χ1v) is 5.82. The summed E-state index contributed by atoms with van der Waals surface area (Å²) in [5, 5.41) is 13.1. The lowest BCUT2D eigenvalue weighted by molar-refractivity contribution is 0.731. The maximum atomic E-state index is 5.83. The van der Waals surface area contributed by atoms with Gasteiger partial charge in [-0.15, -0.1) is 10.2 Å². The van der Waals surface area contributed by atoms with Crippen LogP contribution in [-0.2, 0) is 7.05 Å². The van der Waals surface area contributed by atoms with Crippen molar-refractivity contribution in [3.8, 4) is 11.4 Å². The largest absolute Gasteiger partial charge is 0.272 e. The number of halogens is 1. The van der Waals surface area contributed by atoms with Crippen molar-refractivity contribution >= 4 is 17.2 Å². The highest BCUT2D eigenvalue weighted by Gasteiger charge is 2.17. The molecular formula is C11H11ClN6. The Bertz CT molecular complexity index is 741. The van der Waals surface area contributed by atoms with Crippen molar-refractivity contribution in [2.24, 2.45) is 7.05 Å². The van der Waals surface area contributed by atoms with Crippen LogP contribution in [0.15, 0.2) is 12.4 Å². The molecule has 0 aromatic carbocycles. The van der Waals surface area contributed by atoms with Gasteiger partial charge in [-0.1, -0.05) is 11.6 Å². The number of aromatic nitrogens is 6. The molecule has 0 fully saturated rings. The number of hydrogen-bond donors (Lipinski definition) is 0. The van der Waals surface area contributed by atoms with E-state index in [0.29, 0.717) is 10.8 Å². The average molecular weight is 263 g/mol. The first kappa shape index (κ1) is 11.2. The van der Waals surface area contributed by atoms with E-state index in [2.05, 4.69) is 20.3 Å². The molecule has 0 atom stereocenters. The van der Waals surface area contributed by atoms with E-state index in [4.69, 9.17) is 11.6 Å². The zero-order chi connectivity index (χ0) is 12.9. The van der Waals surface area contributed by atoms with Gasteiger partial charge in [0.25, 0.3) is 0 Å². The van der Waals surface area contributed by atoms with Crippen molar-refractivity contribution in [2.45, 2.75) is 13.8 Å². The minimum atomic E-state index is 0.404. The molecule has 7 heteroatoms. The summed E-state index contributed by atoms with van der Waals surface area (Å²) < 4.78 is 3.64. The second kappa shape index (κ2) is 3.78. The summed E-state index contributed by atoms with van der Waals surface area (Å²) in [4.78, 5) is 4.05. The van der Waals surface area contributed by atoms with Crippen LogP contribution in [0.1, 0.15) is 11.4 Å². The SMILES string of the molecule is Cc1nn(C)c(C)c1-c1nnc2cc(Cl)ncn12. The van der Waals surface area contributed by atoms with E-state index >= 15 is 0 Å². The van der Waals surface area contributed by atoms with E-state index in [1.807, 2.05) is 30.0 Å². The Morgan fingerprint density at radius 3 is 2.67 bits per heavy atom. The highest BCUT2D eigenvalue weighted by molar-refractivity contribution is 6.29. The molecular weight excluding hydrogens is 252 g/mol. The van der Waals surface area contributed by atoms with Crippen LogP contribution >= 0.6 is 11.6 Å². The van der Waals surface area contributed by atoms with Gasteiger partial charge in [-0.25, -0.2) is 4.98 Å². The Kier molecular flexibility index (Phi) is 2.34.